The largest absolute Gasteiger partial charge is 0.346 e. The second-order valence-corrected chi connectivity index (χ2v) is 6.20. The zero-order valence-corrected chi connectivity index (χ0v) is 12.5. The zero-order chi connectivity index (χ0) is 16.0. The van der Waals surface area contributed by atoms with Crippen molar-refractivity contribution in [1.82, 2.24) is 9.55 Å². The van der Waals surface area contributed by atoms with E-state index in [0.717, 1.165) is 25.7 Å². The van der Waals surface area contributed by atoms with Crippen LogP contribution in [0.5, 0.6) is 0 Å². The van der Waals surface area contributed by atoms with Crippen molar-refractivity contribution in [2.75, 3.05) is 6.61 Å². The molecule has 126 valence electrons. The summed E-state index contributed by atoms with van der Waals surface area (Å²) in [5.41, 5.74) is -1.01. The van der Waals surface area contributed by atoms with Crippen molar-refractivity contribution in [3.8, 4) is 0 Å². The highest BCUT2D eigenvalue weighted by Gasteiger charge is 2.59. The summed E-state index contributed by atoms with van der Waals surface area (Å²) in [5, 5.41) is 0. The molecule has 1 aliphatic carbocycles. The van der Waals surface area contributed by atoms with E-state index >= 15 is 0 Å². The van der Waals surface area contributed by atoms with E-state index in [1.807, 2.05) is 0 Å². The predicted octanol–water partition coefficient (Wildman–Crippen LogP) is -0.621. The van der Waals surface area contributed by atoms with Crippen LogP contribution in [0, 0.1) is 0 Å². The molecule has 4 atom stereocenters. The van der Waals surface area contributed by atoms with Gasteiger partial charge in [0.15, 0.2) is 12.0 Å². The third kappa shape index (κ3) is 2.45. The highest BCUT2D eigenvalue weighted by atomic mass is 16.8. The molecule has 3 fully saturated rings. The molecule has 23 heavy (non-hydrogen) atoms. The summed E-state index contributed by atoms with van der Waals surface area (Å²) in [4.78, 5) is 30.3. The van der Waals surface area contributed by atoms with Crippen LogP contribution >= 0.6 is 0 Å². The average Bonchev–Trinajstić information content (AvgIpc) is 3.19. The SMILES string of the molecule is NOC[C@H]1O[C@@H](n2ccc(=O)[nH]c2=O)[C@@H]2OC3(CCCC3)O[C@@H]21. The van der Waals surface area contributed by atoms with Gasteiger partial charge in [0.05, 0.1) is 6.61 Å². The lowest BCUT2D eigenvalue weighted by Gasteiger charge is -2.27. The molecule has 3 heterocycles. The maximum absolute atomic E-state index is 12.1. The second-order valence-electron chi connectivity index (χ2n) is 6.20. The maximum atomic E-state index is 12.1. The molecule has 0 bridgehead atoms. The molecule has 1 spiro atoms. The summed E-state index contributed by atoms with van der Waals surface area (Å²) in [6, 6.07) is 1.27. The lowest BCUT2D eigenvalue weighted by Crippen LogP contribution is -2.37. The fraction of sp³-hybridized carbons (Fsp3) is 0.714. The number of hydrogen-bond donors (Lipinski definition) is 2. The maximum Gasteiger partial charge on any atom is 0.330 e. The van der Waals surface area contributed by atoms with Crippen molar-refractivity contribution in [1.29, 1.82) is 0 Å². The Balaban J connectivity index is 1.67. The number of H-pyrrole nitrogens is 1. The van der Waals surface area contributed by atoms with Gasteiger partial charge in [-0.25, -0.2) is 10.7 Å². The molecule has 0 unspecified atom stereocenters. The number of nitrogens with zero attached hydrogens (tertiary/aromatic N) is 1. The number of nitrogens with one attached hydrogen (secondary N) is 1. The summed E-state index contributed by atoms with van der Waals surface area (Å²) >= 11 is 0. The Morgan fingerprint density at radius 1 is 1.30 bits per heavy atom. The van der Waals surface area contributed by atoms with Gasteiger partial charge in [-0.05, 0) is 12.8 Å². The van der Waals surface area contributed by atoms with Crippen molar-refractivity contribution < 1.29 is 19.0 Å². The van der Waals surface area contributed by atoms with Crippen LogP contribution in [0.15, 0.2) is 21.9 Å². The highest BCUT2D eigenvalue weighted by Crippen LogP contribution is 2.48. The summed E-state index contributed by atoms with van der Waals surface area (Å²) in [5.74, 6) is 4.58. The molecule has 9 heteroatoms. The van der Waals surface area contributed by atoms with Crippen molar-refractivity contribution >= 4 is 0 Å². The Morgan fingerprint density at radius 3 is 2.74 bits per heavy atom. The Labute approximate surface area is 131 Å². The molecule has 4 rings (SSSR count). The average molecular weight is 325 g/mol. The van der Waals surface area contributed by atoms with E-state index in [1.165, 1.54) is 16.8 Å². The first-order valence-electron chi connectivity index (χ1n) is 7.76. The number of aromatic amines is 1. The van der Waals surface area contributed by atoms with Crippen LogP contribution in [0.1, 0.15) is 31.9 Å². The molecular weight excluding hydrogens is 306 g/mol. The van der Waals surface area contributed by atoms with Gasteiger partial charge in [-0.1, -0.05) is 0 Å². The Bertz CT molecular complexity index is 694. The molecule has 0 amide bonds. The van der Waals surface area contributed by atoms with Gasteiger partial charge in [0.2, 0.25) is 0 Å². The summed E-state index contributed by atoms with van der Waals surface area (Å²) in [6.45, 7) is 0.134. The first-order chi connectivity index (χ1) is 11.1. The summed E-state index contributed by atoms with van der Waals surface area (Å²) in [6.07, 6.45) is 3.20. The van der Waals surface area contributed by atoms with Crippen LogP contribution in [0.25, 0.3) is 0 Å². The molecule has 2 aliphatic heterocycles. The standard InChI is InChI=1S/C14H19N3O6/c15-20-7-8-10-11(23-14(22-10)4-1-2-5-14)12(21-8)17-6-3-9(18)16-13(17)19/h3,6,8,10-12H,1-2,4-5,7,15H2,(H,16,18,19)/t8-,10-,11-,12-/m1/s1. The fourth-order valence-corrected chi connectivity index (χ4v) is 3.73. The monoisotopic (exact) mass is 325 g/mol. The lowest BCUT2D eigenvalue weighted by atomic mass is 10.1. The van der Waals surface area contributed by atoms with Gasteiger partial charge < -0.3 is 19.0 Å². The predicted molar refractivity (Wildman–Crippen MR) is 76.3 cm³/mol. The van der Waals surface area contributed by atoms with E-state index in [2.05, 4.69) is 4.98 Å². The van der Waals surface area contributed by atoms with Crippen molar-refractivity contribution in [3.63, 3.8) is 0 Å². The molecule has 9 nitrogen and oxygen atoms in total. The normalized spacial score (nSPS) is 35.0. The van der Waals surface area contributed by atoms with E-state index in [0.29, 0.717) is 0 Å². The second kappa shape index (κ2) is 5.53. The van der Waals surface area contributed by atoms with E-state index in [1.54, 1.807) is 0 Å². The van der Waals surface area contributed by atoms with Crippen LogP contribution < -0.4 is 17.1 Å². The number of ether oxygens (including phenoxy) is 3. The minimum Gasteiger partial charge on any atom is -0.346 e. The number of fused-ring (bicyclic) bond motifs is 1. The molecule has 0 radical (unpaired) electrons. The quantitative estimate of drug-likeness (QED) is 0.711. The minimum atomic E-state index is -0.690. The van der Waals surface area contributed by atoms with Crippen molar-refractivity contribution in [2.45, 2.75) is 56.0 Å². The van der Waals surface area contributed by atoms with Crippen LogP contribution in [-0.4, -0.2) is 40.3 Å². The fourth-order valence-electron chi connectivity index (χ4n) is 3.73. The van der Waals surface area contributed by atoms with E-state index < -0.39 is 35.5 Å². The van der Waals surface area contributed by atoms with Gasteiger partial charge in [-0.15, -0.1) is 0 Å². The van der Waals surface area contributed by atoms with Crippen LogP contribution in [0.3, 0.4) is 0 Å². The number of hydrogen-bond acceptors (Lipinski definition) is 7. The van der Waals surface area contributed by atoms with E-state index in [4.69, 9.17) is 24.9 Å². The first kappa shape index (κ1) is 15.0. The van der Waals surface area contributed by atoms with Crippen LogP contribution in [-0.2, 0) is 19.0 Å². The molecule has 2 saturated heterocycles. The van der Waals surface area contributed by atoms with Gasteiger partial charge in [-0.3, -0.25) is 14.3 Å². The molecule has 1 aromatic heterocycles. The van der Waals surface area contributed by atoms with Crippen LogP contribution in [0.4, 0.5) is 0 Å². The smallest absolute Gasteiger partial charge is 0.330 e. The summed E-state index contributed by atoms with van der Waals surface area (Å²) < 4.78 is 19.5. The molecule has 3 N–H and O–H groups in total. The molecule has 0 aromatic carbocycles. The topological polar surface area (TPSA) is 118 Å². The van der Waals surface area contributed by atoms with Crippen LogP contribution in [0.2, 0.25) is 0 Å². The molecule has 1 aromatic rings. The first-order valence-corrected chi connectivity index (χ1v) is 7.76. The minimum absolute atomic E-state index is 0.134. The highest BCUT2D eigenvalue weighted by molar-refractivity contribution is 5.01. The third-order valence-corrected chi connectivity index (χ3v) is 4.74. The Kier molecular flexibility index (Phi) is 3.62. The Morgan fingerprint density at radius 2 is 2.04 bits per heavy atom. The van der Waals surface area contributed by atoms with Gasteiger partial charge in [-0.2, -0.15) is 0 Å². The summed E-state index contributed by atoms with van der Waals surface area (Å²) in [7, 11) is 0. The van der Waals surface area contributed by atoms with E-state index in [9.17, 15) is 9.59 Å². The van der Waals surface area contributed by atoms with Gasteiger partial charge >= 0.3 is 5.69 Å². The zero-order valence-electron chi connectivity index (χ0n) is 12.5. The molecule has 1 saturated carbocycles. The van der Waals surface area contributed by atoms with Crippen molar-refractivity contribution in [3.05, 3.63) is 33.1 Å². The van der Waals surface area contributed by atoms with Crippen molar-refractivity contribution in [2.24, 2.45) is 5.90 Å². The number of nitrogens with two attached hydrogens (primary N) is 1. The van der Waals surface area contributed by atoms with Gasteiger partial charge in [0.1, 0.15) is 18.3 Å². The molecular formula is C14H19N3O6. The number of rotatable bonds is 3. The third-order valence-electron chi connectivity index (χ3n) is 4.74. The lowest BCUT2D eigenvalue weighted by molar-refractivity contribution is -0.217. The van der Waals surface area contributed by atoms with E-state index in [-0.39, 0.29) is 12.7 Å². The Hall–Kier alpha value is -1.52. The van der Waals surface area contributed by atoms with Gasteiger partial charge in [0, 0.05) is 25.1 Å². The number of aromatic nitrogens is 2. The van der Waals surface area contributed by atoms with Gasteiger partial charge in [0.25, 0.3) is 5.56 Å². The molecule has 3 aliphatic rings.